The molecule has 1 aliphatic carbocycles. The Balaban J connectivity index is 1.91. The Morgan fingerprint density at radius 3 is 2.72 bits per heavy atom. The van der Waals surface area contributed by atoms with Gasteiger partial charge in [0.05, 0.1) is 11.6 Å². The van der Waals surface area contributed by atoms with Crippen molar-refractivity contribution in [2.45, 2.75) is 52.1 Å². The zero-order valence-electron chi connectivity index (χ0n) is 11.4. The number of aryl methyl sites for hydroxylation is 1. The van der Waals surface area contributed by atoms with Crippen molar-refractivity contribution < 1.29 is 0 Å². The fourth-order valence-electron chi connectivity index (χ4n) is 2.86. The number of hydrogen-bond donors (Lipinski definition) is 1. The molecule has 0 heterocycles. The number of nitrogens with zero attached hydrogens (tertiary/aromatic N) is 1. The Kier molecular flexibility index (Phi) is 4.38. The summed E-state index contributed by atoms with van der Waals surface area (Å²) in [5.74, 6) is 0.851. The number of nitrogens with one attached hydrogen (secondary N) is 1. The lowest BCUT2D eigenvalue weighted by Gasteiger charge is -2.21. The molecule has 0 unspecified atom stereocenters. The molecule has 1 atom stereocenters. The van der Waals surface area contributed by atoms with Gasteiger partial charge >= 0.3 is 0 Å². The summed E-state index contributed by atoms with van der Waals surface area (Å²) in [6.07, 6.45) is 5.54. The van der Waals surface area contributed by atoms with Crippen LogP contribution in [0.25, 0.3) is 0 Å². The molecule has 1 fully saturated rings. The first kappa shape index (κ1) is 13.1. The minimum atomic E-state index is 0.600. The molecule has 0 radical (unpaired) electrons. The van der Waals surface area contributed by atoms with Gasteiger partial charge in [0, 0.05) is 12.6 Å². The van der Waals surface area contributed by atoms with Crippen LogP contribution < -0.4 is 5.32 Å². The summed E-state index contributed by atoms with van der Waals surface area (Å²) < 4.78 is 0. The van der Waals surface area contributed by atoms with Gasteiger partial charge in [-0.1, -0.05) is 18.9 Å². The van der Waals surface area contributed by atoms with Gasteiger partial charge in [-0.05, 0) is 55.9 Å². The molecule has 2 heteroatoms. The van der Waals surface area contributed by atoms with E-state index in [4.69, 9.17) is 5.26 Å². The smallest absolute Gasteiger partial charge is 0.0991 e. The molecule has 18 heavy (non-hydrogen) atoms. The van der Waals surface area contributed by atoms with E-state index < -0.39 is 0 Å². The first-order chi connectivity index (χ1) is 8.70. The lowest BCUT2D eigenvalue weighted by atomic mass is 9.99. The van der Waals surface area contributed by atoms with Crippen LogP contribution in [0.3, 0.4) is 0 Å². The van der Waals surface area contributed by atoms with Crippen LogP contribution in [0.1, 0.15) is 49.3 Å². The largest absolute Gasteiger partial charge is 0.310 e. The average molecular weight is 242 g/mol. The van der Waals surface area contributed by atoms with Crippen LogP contribution in [0.15, 0.2) is 18.2 Å². The van der Waals surface area contributed by atoms with Crippen molar-refractivity contribution in [1.29, 1.82) is 5.26 Å². The second-order valence-electron chi connectivity index (χ2n) is 5.47. The van der Waals surface area contributed by atoms with Crippen LogP contribution in [-0.4, -0.2) is 6.04 Å². The van der Waals surface area contributed by atoms with E-state index in [1.165, 1.54) is 36.8 Å². The summed E-state index contributed by atoms with van der Waals surface area (Å²) >= 11 is 0. The van der Waals surface area contributed by atoms with Crippen molar-refractivity contribution in [2.24, 2.45) is 5.92 Å². The van der Waals surface area contributed by atoms with E-state index in [9.17, 15) is 0 Å². The van der Waals surface area contributed by atoms with Crippen molar-refractivity contribution in [3.8, 4) is 6.07 Å². The summed E-state index contributed by atoms with van der Waals surface area (Å²) in [4.78, 5) is 0. The van der Waals surface area contributed by atoms with Crippen molar-refractivity contribution in [3.05, 3.63) is 34.9 Å². The zero-order valence-corrected chi connectivity index (χ0v) is 11.4. The third kappa shape index (κ3) is 3.11. The molecule has 0 spiro atoms. The van der Waals surface area contributed by atoms with Crippen molar-refractivity contribution >= 4 is 0 Å². The Bertz CT molecular complexity index is 439. The van der Waals surface area contributed by atoms with Gasteiger partial charge in [0.25, 0.3) is 0 Å². The van der Waals surface area contributed by atoms with Gasteiger partial charge in [-0.2, -0.15) is 5.26 Å². The Morgan fingerprint density at radius 2 is 2.11 bits per heavy atom. The van der Waals surface area contributed by atoms with E-state index in [0.29, 0.717) is 6.04 Å². The van der Waals surface area contributed by atoms with Gasteiger partial charge in [0.15, 0.2) is 0 Å². The van der Waals surface area contributed by atoms with Crippen LogP contribution in [0.2, 0.25) is 0 Å². The minimum Gasteiger partial charge on any atom is -0.310 e. The molecule has 1 aliphatic rings. The third-order valence-electron chi connectivity index (χ3n) is 4.19. The molecule has 0 aromatic heterocycles. The fourth-order valence-corrected chi connectivity index (χ4v) is 2.86. The van der Waals surface area contributed by atoms with E-state index in [1.54, 1.807) is 0 Å². The molecule has 96 valence electrons. The first-order valence-electron chi connectivity index (χ1n) is 6.93. The SMILES string of the molecule is Cc1cc(C#N)ccc1CN[C@@H](C)C1CCCC1. The molecule has 1 N–H and O–H groups in total. The summed E-state index contributed by atoms with van der Waals surface area (Å²) in [7, 11) is 0. The molecule has 0 saturated heterocycles. The average Bonchev–Trinajstić information content (AvgIpc) is 2.90. The lowest BCUT2D eigenvalue weighted by molar-refractivity contribution is 0.380. The second-order valence-corrected chi connectivity index (χ2v) is 5.47. The van der Waals surface area contributed by atoms with Crippen molar-refractivity contribution in [3.63, 3.8) is 0 Å². The number of hydrogen-bond acceptors (Lipinski definition) is 2. The molecule has 0 amide bonds. The number of nitriles is 1. The van der Waals surface area contributed by atoms with Crippen molar-refractivity contribution in [1.82, 2.24) is 5.32 Å². The maximum Gasteiger partial charge on any atom is 0.0991 e. The number of benzene rings is 1. The van der Waals surface area contributed by atoms with Gasteiger partial charge in [0.1, 0.15) is 0 Å². The van der Waals surface area contributed by atoms with Gasteiger partial charge in [-0.3, -0.25) is 0 Å². The highest BCUT2D eigenvalue weighted by Gasteiger charge is 2.20. The summed E-state index contributed by atoms with van der Waals surface area (Å²) in [5.41, 5.74) is 3.26. The van der Waals surface area contributed by atoms with Crippen LogP contribution in [0.5, 0.6) is 0 Å². The standard InChI is InChI=1S/C16H22N2/c1-12-9-14(10-17)7-8-16(12)11-18-13(2)15-5-3-4-6-15/h7-9,13,15,18H,3-6,11H2,1-2H3/t13-/m0/s1. The molecule has 1 saturated carbocycles. The molecule has 1 aromatic rings. The summed E-state index contributed by atoms with van der Waals surface area (Å²) in [5, 5.41) is 12.5. The van der Waals surface area contributed by atoms with E-state index in [-0.39, 0.29) is 0 Å². The minimum absolute atomic E-state index is 0.600. The van der Waals surface area contributed by atoms with E-state index >= 15 is 0 Å². The Hall–Kier alpha value is -1.33. The second kappa shape index (κ2) is 6.02. The van der Waals surface area contributed by atoms with Gasteiger partial charge in [0.2, 0.25) is 0 Å². The van der Waals surface area contributed by atoms with E-state index in [0.717, 1.165) is 18.0 Å². The number of rotatable bonds is 4. The quantitative estimate of drug-likeness (QED) is 0.876. The van der Waals surface area contributed by atoms with Gasteiger partial charge in [-0.25, -0.2) is 0 Å². The Morgan fingerprint density at radius 1 is 1.39 bits per heavy atom. The highest BCUT2D eigenvalue weighted by atomic mass is 14.9. The predicted octanol–water partition coefficient (Wildman–Crippen LogP) is 3.54. The van der Waals surface area contributed by atoms with E-state index in [2.05, 4.69) is 31.3 Å². The lowest BCUT2D eigenvalue weighted by Crippen LogP contribution is -2.31. The maximum atomic E-state index is 8.85. The monoisotopic (exact) mass is 242 g/mol. The normalized spacial score (nSPS) is 17.6. The first-order valence-corrected chi connectivity index (χ1v) is 6.93. The highest BCUT2D eigenvalue weighted by molar-refractivity contribution is 5.37. The van der Waals surface area contributed by atoms with Gasteiger partial charge < -0.3 is 5.32 Å². The highest BCUT2D eigenvalue weighted by Crippen LogP contribution is 2.27. The summed E-state index contributed by atoms with van der Waals surface area (Å²) in [6, 6.07) is 8.73. The predicted molar refractivity (Wildman–Crippen MR) is 74.2 cm³/mol. The van der Waals surface area contributed by atoms with Crippen LogP contribution >= 0.6 is 0 Å². The van der Waals surface area contributed by atoms with Gasteiger partial charge in [-0.15, -0.1) is 0 Å². The van der Waals surface area contributed by atoms with Crippen molar-refractivity contribution in [2.75, 3.05) is 0 Å². The van der Waals surface area contributed by atoms with E-state index in [1.807, 2.05) is 12.1 Å². The molecule has 1 aromatic carbocycles. The molecular weight excluding hydrogens is 220 g/mol. The third-order valence-corrected chi connectivity index (χ3v) is 4.19. The zero-order chi connectivity index (χ0) is 13.0. The Labute approximate surface area is 110 Å². The van der Waals surface area contributed by atoms with Crippen LogP contribution in [0.4, 0.5) is 0 Å². The molecule has 2 nitrogen and oxygen atoms in total. The molecular formula is C16H22N2. The topological polar surface area (TPSA) is 35.8 Å². The molecule has 2 rings (SSSR count). The molecule has 0 bridgehead atoms. The summed E-state index contributed by atoms with van der Waals surface area (Å²) in [6.45, 7) is 5.29. The fraction of sp³-hybridized carbons (Fsp3) is 0.562. The molecule has 0 aliphatic heterocycles. The van der Waals surface area contributed by atoms with Crippen LogP contribution in [0, 0.1) is 24.2 Å². The maximum absolute atomic E-state index is 8.85. The van der Waals surface area contributed by atoms with Crippen LogP contribution in [-0.2, 0) is 6.54 Å².